The first-order valence-electron chi connectivity index (χ1n) is 11.7. The molecule has 2 aliphatic heterocycles. The van der Waals surface area contributed by atoms with Crippen LogP contribution < -0.4 is 5.32 Å². The van der Waals surface area contributed by atoms with Gasteiger partial charge in [-0.1, -0.05) is 23.4 Å². The smallest absolute Gasteiger partial charge is 0.180 e. The van der Waals surface area contributed by atoms with Crippen molar-refractivity contribution in [2.24, 2.45) is 5.11 Å². The zero-order chi connectivity index (χ0) is 27.6. The summed E-state index contributed by atoms with van der Waals surface area (Å²) in [6, 6.07) is 6.62. The molecular formula is C22H30N6O10. The van der Waals surface area contributed by atoms with Gasteiger partial charge in [0.25, 0.3) is 0 Å². The Labute approximate surface area is 215 Å². The minimum absolute atomic E-state index is 0.102. The summed E-state index contributed by atoms with van der Waals surface area (Å²) in [6.07, 6.45) is -11.2. The second-order valence-electron chi connectivity index (χ2n) is 8.94. The van der Waals surface area contributed by atoms with E-state index in [0.717, 1.165) is 4.68 Å². The van der Waals surface area contributed by atoms with E-state index in [0.29, 0.717) is 16.8 Å². The molecule has 3 heterocycles. The summed E-state index contributed by atoms with van der Waals surface area (Å²) in [5.41, 5.74) is 8.96. The summed E-state index contributed by atoms with van der Waals surface area (Å²) in [4.78, 5) is 0. The van der Waals surface area contributed by atoms with Crippen molar-refractivity contribution in [2.45, 2.75) is 61.3 Å². The van der Waals surface area contributed by atoms with E-state index in [1.807, 2.05) is 0 Å². The molecule has 0 amide bonds. The standard InChI is InChI=1S/C22H30N6O10/c23-25-11(5-24-21-19(35)17(33)15(31)13(7-29)37-21)9-2-1-3-10(4-9)12-6-28(27-26-12)22-20(36)18(34)16(32)14(8-30)38-22/h1-6,13-24,29-36H,7-8H2/b11-5-,25-23?/t13-,14-,15-,16-,17+,18+,19+,20+,21+,22+/m1/s1. The second-order valence-corrected chi connectivity index (χ2v) is 8.94. The summed E-state index contributed by atoms with van der Waals surface area (Å²) in [7, 11) is 0. The highest BCUT2D eigenvalue weighted by Crippen LogP contribution is 2.30. The summed E-state index contributed by atoms with van der Waals surface area (Å²) in [5.74, 6) is 0. The number of rotatable bonds is 8. The summed E-state index contributed by atoms with van der Waals surface area (Å²) >= 11 is 0. The molecule has 1 aromatic carbocycles. The topological polar surface area (TPSA) is 259 Å². The van der Waals surface area contributed by atoms with Crippen LogP contribution in [0.25, 0.3) is 17.0 Å². The number of aromatic nitrogens is 3. The van der Waals surface area contributed by atoms with Crippen LogP contribution in [0.5, 0.6) is 0 Å². The number of hydrogen-bond donors (Lipinski definition) is 10. The van der Waals surface area contributed by atoms with Gasteiger partial charge in [-0.25, -0.2) is 10.2 Å². The number of aliphatic hydroxyl groups is 8. The van der Waals surface area contributed by atoms with Crippen LogP contribution in [-0.2, 0) is 9.47 Å². The molecule has 16 heteroatoms. The van der Waals surface area contributed by atoms with Crippen LogP contribution in [0.15, 0.2) is 41.8 Å². The van der Waals surface area contributed by atoms with Gasteiger partial charge in [-0.3, -0.25) is 0 Å². The fourth-order valence-corrected chi connectivity index (χ4v) is 4.25. The molecule has 0 aliphatic carbocycles. The van der Waals surface area contributed by atoms with Crippen LogP contribution >= 0.6 is 0 Å². The maximum atomic E-state index is 10.3. The van der Waals surface area contributed by atoms with E-state index in [4.69, 9.17) is 15.0 Å². The molecule has 0 bridgehead atoms. The highest BCUT2D eigenvalue weighted by atomic mass is 16.6. The van der Waals surface area contributed by atoms with Gasteiger partial charge in [0.1, 0.15) is 60.2 Å². The molecule has 2 saturated heterocycles. The third-order valence-corrected chi connectivity index (χ3v) is 6.49. The zero-order valence-electron chi connectivity index (χ0n) is 19.8. The van der Waals surface area contributed by atoms with Gasteiger partial charge in [-0.2, -0.15) is 5.11 Å². The molecule has 1 aromatic heterocycles. The normalized spacial score (nSPS) is 36.2. The van der Waals surface area contributed by atoms with Gasteiger partial charge in [0.2, 0.25) is 0 Å². The lowest BCUT2D eigenvalue weighted by molar-refractivity contribution is -0.254. The van der Waals surface area contributed by atoms with E-state index >= 15 is 0 Å². The first-order chi connectivity index (χ1) is 18.2. The first kappa shape index (κ1) is 28.1. The van der Waals surface area contributed by atoms with Gasteiger partial charge in [-0.05, 0) is 6.07 Å². The Balaban J connectivity index is 1.52. The third kappa shape index (κ3) is 5.45. The summed E-state index contributed by atoms with van der Waals surface area (Å²) in [6.45, 7) is -1.18. The van der Waals surface area contributed by atoms with Gasteiger partial charge >= 0.3 is 0 Å². The maximum absolute atomic E-state index is 10.3. The minimum Gasteiger partial charge on any atom is -0.394 e. The lowest BCUT2D eigenvalue weighted by Gasteiger charge is -2.40. The van der Waals surface area contributed by atoms with Crippen molar-refractivity contribution in [1.82, 2.24) is 20.3 Å². The second kappa shape index (κ2) is 11.9. The third-order valence-electron chi connectivity index (χ3n) is 6.49. The number of ether oxygens (including phenoxy) is 2. The Morgan fingerprint density at radius 2 is 1.61 bits per heavy atom. The van der Waals surface area contributed by atoms with E-state index in [1.165, 1.54) is 12.4 Å². The van der Waals surface area contributed by atoms with Crippen LogP contribution in [0.2, 0.25) is 0 Å². The van der Waals surface area contributed by atoms with Crippen molar-refractivity contribution in [2.75, 3.05) is 13.2 Å². The van der Waals surface area contributed by atoms with E-state index in [2.05, 4.69) is 20.7 Å². The minimum atomic E-state index is -1.58. The molecule has 0 unspecified atom stereocenters. The average Bonchev–Trinajstić information content (AvgIpc) is 3.42. The Morgan fingerprint density at radius 1 is 0.947 bits per heavy atom. The van der Waals surface area contributed by atoms with Crippen molar-refractivity contribution in [1.29, 1.82) is 5.53 Å². The van der Waals surface area contributed by atoms with Crippen molar-refractivity contribution >= 4 is 5.70 Å². The molecule has 2 aliphatic rings. The van der Waals surface area contributed by atoms with Crippen LogP contribution in [0.3, 0.4) is 0 Å². The fourth-order valence-electron chi connectivity index (χ4n) is 4.25. The van der Waals surface area contributed by atoms with Crippen LogP contribution in [0.1, 0.15) is 11.8 Å². The molecule has 2 fully saturated rings. The summed E-state index contributed by atoms with van der Waals surface area (Å²) < 4.78 is 12.0. The molecule has 10 atom stereocenters. The maximum Gasteiger partial charge on any atom is 0.180 e. The number of aliphatic hydroxyl groups excluding tert-OH is 8. The molecule has 208 valence electrons. The molecule has 0 saturated carbocycles. The fraction of sp³-hybridized carbons (Fsp3) is 0.545. The first-order valence-corrected chi connectivity index (χ1v) is 11.7. The Hall–Kier alpha value is -2.90. The average molecular weight is 539 g/mol. The van der Waals surface area contributed by atoms with Gasteiger partial charge in [0.15, 0.2) is 12.5 Å². The Bertz CT molecular complexity index is 1130. The molecular weight excluding hydrogens is 508 g/mol. The number of nitrogens with zero attached hydrogens (tertiary/aromatic N) is 4. The monoisotopic (exact) mass is 538 g/mol. The molecule has 0 spiro atoms. The van der Waals surface area contributed by atoms with Crippen LogP contribution in [0.4, 0.5) is 0 Å². The number of benzene rings is 1. The van der Waals surface area contributed by atoms with Gasteiger partial charge in [0, 0.05) is 17.3 Å². The Kier molecular flexibility index (Phi) is 8.78. The predicted octanol–water partition coefficient (Wildman–Crippen LogP) is -3.36. The highest BCUT2D eigenvalue weighted by Gasteiger charge is 2.45. The van der Waals surface area contributed by atoms with Crippen molar-refractivity contribution in [3.63, 3.8) is 0 Å². The molecule has 0 radical (unpaired) electrons. The quantitative estimate of drug-likeness (QED) is 0.147. The molecule has 10 N–H and O–H groups in total. The molecule has 16 nitrogen and oxygen atoms in total. The van der Waals surface area contributed by atoms with Crippen LogP contribution in [0, 0.1) is 5.53 Å². The van der Waals surface area contributed by atoms with E-state index in [-0.39, 0.29) is 5.70 Å². The van der Waals surface area contributed by atoms with Gasteiger partial charge < -0.3 is 55.6 Å². The Morgan fingerprint density at radius 3 is 2.26 bits per heavy atom. The summed E-state index contributed by atoms with van der Waals surface area (Å²) in [5, 5.41) is 93.3. The van der Waals surface area contributed by atoms with Crippen molar-refractivity contribution in [3.8, 4) is 11.3 Å². The van der Waals surface area contributed by atoms with E-state index in [9.17, 15) is 40.9 Å². The highest BCUT2D eigenvalue weighted by molar-refractivity contribution is 5.70. The van der Waals surface area contributed by atoms with E-state index < -0.39 is 74.5 Å². The lowest BCUT2D eigenvalue weighted by Crippen LogP contribution is -2.61. The molecule has 38 heavy (non-hydrogen) atoms. The number of hydrogen-bond acceptors (Lipinski definition) is 15. The number of nitrogens with one attached hydrogen (secondary N) is 2. The van der Waals surface area contributed by atoms with E-state index in [1.54, 1.807) is 24.3 Å². The SMILES string of the molecule is N=N/C(=C\N[C@H]1O[C@H](CO)[C@@H](O)[C@H](O)[C@@H]1O)c1cccc(-c2cn([C@H]3O[C@H](CO)[C@@H](O)[C@H](O)[C@@H]3O)nn2)c1. The van der Waals surface area contributed by atoms with Crippen molar-refractivity contribution < 1.29 is 50.3 Å². The lowest BCUT2D eigenvalue weighted by atomic mass is 9.98. The van der Waals surface area contributed by atoms with Gasteiger partial charge in [-0.15, -0.1) is 5.10 Å². The largest absolute Gasteiger partial charge is 0.394 e. The predicted molar refractivity (Wildman–Crippen MR) is 125 cm³/mol. The van der Waals surface area contributed by atoms with Crippen molar-refractivity contribution in [3.05, 3.63) is 42.2 Å². The zero-order valence-corrected chi connectivity index (χ0v) is 19.8. The van der Waals surface area contributed by atoms with Gasteiger partial charge in [0.05, 0.1) is 19.4 Å². The molecule has 4 rings (SSSR count). The van der Waals surface area contributed by atoms with Crippen LogP contribution in [-0.4, -0.2) is 124 Å². The molecule has 2 aromatic rings.